The summed E-state index contributed by atoms with van der Waals surface area (Å²) in [6, 6.07) is -0.640. The van der Waals surface area contributed by atoms with Gasteiger partial charge in [-0.15, -0.1) is 0 Å². The number of thiazole rings is 1. The van der Waals surface area contributed by atoms with Crippen LogP contribution in [0.25, 0.3) is 0 Å². The summed E-state index contributed by atoms with van der Waals surface area (Å²) < 4.78 is 4.90. The summed E-state index contributed by atoms with van der Waals surface area (Å²) in [6.07, 6.45) is 0. The van der Waals surface area contributed by atoms with Crippen molar-refractivity contribution in [3.63, 3.8) is 0 Å². The molecule has 1 rings (SSSR count). The first-order chi connectivity index (χ1) is 9.49. The number of nitrogen functional groups attached to an aromatic ring is 1. The zero-order valence-electron chi connectivity index (χ0n) is 11.6. The summed E-state index contributed by atoms with van der Waals surface area (Å²) in [5, 5.41) is 8.54. The number of amides is 2. The molecule has 0 radical (unpaired) electrons. The molecule has 112 valence electrons. The summed E-state index contributed by atoms with van der Waals surface area (Å²) in [5.41, 5.74) is 5.70. The van der Waals surface area contributed by atoms with Crippen molar-refractivity contribution in [1.82, 2.24) is 15.6 Å². The lowest BCUT2D eigenvalue weighted by Crippen LogP contribution is -2.43. The number of rotatable bonds is 7. The van der Waals surface area contributed by atoms with E-state index in [1.807, 2.05) is 0 Å². The second-order valence-electron chi connectivity index (χ2n) is 3.96. The first kappa shape index (κ1) is 16.2. The Morgan fingerprint density at radius 2 is 2.20 bits per heavy atom. The number of ether oxygens (including phenoxy) is 1. The summed E-state index contributed by atoms with van der Waals surface area (Å²) in [7, 11) is 3.10. The number of anilines is 2. The van der Waals surface area contributed by atoms with Crippen molar-refractivity contribution in [2.24, 2.45) is 0 Å². The zero-order valence-corrected chi connectivity index (χ0v) is 12.5. The van der Waals surface area contributed by atoms with Crippen molar-refractivity contribution in [3.05, 3.63) is 4.88 Å². The van der Waals surface area contributed by atoms with Crippen LogP contribution in [0.5, 0.6) is 0 Å². The molecule has 20 heavy (non-hydrogen) atoms. The average Bonchev–Trinajstić information content (AvgIpc) is 2.79. The van der Waals surface area contributed by atoms with Crippen molar-refractivity contribution in [2.45, 2.75) is 13.0 Å². The lowest BCUT2D eigenvalue weighted by Gasteiger charge is -2.11. The van der Waals surface area contributed by atoms with Crippen LogP contribution < -0.4 is 21.7 Å². The summed E-state index contributed by atoms with van der Waals surface area (Å²) in [4.78, 5) is 27.7. The number of carbonyl (C=O) groups is 2. The van der Waals surface area contributed by atoms with Crippen molar-refractivity contribution in [3.8, 4) is 0 Å². The Morgan fingerprint density at radius 3 is 2.80 bits per heavy atom. The van der Waals surface area contributed by atoms with E-state index < -0.39 is 11.9 Å². The molecule has 5 N–H and O–H groups in total. The van der Waals surface area contributed by atoms with Crippen LogP contribution in [0.1, 0.15) is 16.6 Å². The number of carbonyl (C=O) groups excluding carboxylic acids is 2. The molecular formula is C11H19N5O3S. The second-order valence-corrected chi connectivity index (χ2v) is 4.96. The average molecular weight is 301 g/mol. The van der Waals surface area contributed by atoms with Crippen molar-refractivity contribution in [2.75, 3.05) is 38.4 Å². The van der Waals surface area contributed by atoms with E-state index in [4.69, 9.17) is 10.5 Å². The SMILES string of the molecule is CNC(=O)C(C)NC(=O)c1sc(NCCOC)nc1N. The van der Waals surface area contributed by atoms with Gasteiger partial charge in [0.25, 0.3) is 5.91 Å². The molecular weight excluding hydrogens is 282 g/mol. The van der Waals surface area contributed by atoms with Gasteiger partial charge in [-0.2, -0.15) is 0 Å². The van der Waals surface area contributed by atoms with Gasteiger partial charge in [-0.3, -0.25) is 9.59 Å². The van der Waals surface area contributed by atoms with Gasteiger partial charge in [-0.1, -0.05) is 11.3 Å². The fourth-order valence-electron chi connectivity index (χ4n) is 1.37. The first-order valence-electron chi connectivity index (χ1n) is 6.01. The standard InChI is InChI=1S/C11H19N5O3S/c1-6(9(17)13-2)15-10(18)7-8(12)16-11(20-7)14-4-5-19-3/h6H,4-5,12H2,1-3H3,(H,13,17)(H,14,16)(H,15,18). The molecule has 1 aromatic heterocycles. The highest BCUT2D eigenvalue weighted by molar-refractivity contribution is 7.18. The van der Waals surface area contributed by atoms with Crippen molar-refractivity contribution >= 4 is 34.1 Å². The minimum absolute atomic E-state index is 0.136. The Morgan fingerprint density at radius 1 is 1.50 bits per heavy atom. The third-order valence-corrected chi connectivity index (χ3v) is 3.46. The van der Waals surface area contributed by atoms with E-state index >= 15 is 0 Å². The number of nitrogens with two attached hydrogens (primary N) is 1. The number of hydrogen-bond donors (Lipinski definition) is 4. The van der Waals surface area contributed by atoms with Gasteiger partial charge in [0.2, 0.25) is 5.91 Å². The van der Waals surface area contributed by atoms with Gasteiger partial charge >= 0.3 is 0 Å². The molecule has 8 nitrogen and oxygen atoms in total. The van der Waals surface area contributed by atoms with Crippen LogP contribution in [0.2, 0.25) is 0 Å². The molecule has 0 aliphatic heterocycles. The van der Waals surface area contributed by atoms with Gasteiger partial charge in [0.15, 0.2) is 5.13 Å². The predicted octanol–water partition coefficient (Wildman–Crippen LogP) is -0.352. The van der Waals surface area contributed by atoms with Gasteiger partial charge in [0.1, 0.15) is 16.7 Å². The molecule has 0 saturated heterocycles. The lowest BCUT2D eigenvalue weighted by molar-refractivity contribution is -0.122. The molecule has 9 heteroatoms. The Kier molecular flexibility index (Phi) is 6.19. The Hall–Kier alpha value is -1.87. The quantitative estimate of drug-likeness (QED) is 0.511. The molecule has 1 heterocycles. The van der Waals surface area contributed by atoms with Crippen LogP contribution in [0, 0.1) is 0 Å². The third kappa shape index (κ3) is 4.35. The topological polar surface area (TPSA) is 118 Å². The van der Waals surface area contributed by atoms with Gasteiger partial charge < -0.3 is 26.4 Å². The van der Waals surface area contributed by atoms with Crippen molar-refractivity contribution < 1.29 is 14.3 Å². The Bertz CT molecular complexity index is 477. The van der Waals surface area contributed by atoms with E-state index in [9.17, 15) is 9.59 Å². The maximum Gasteiger partial charge on any atom is 0.265 e. The van der Waals surface area contributed by atoms with E-state index in [0.717, 1.165) is 11.3 Å². The van der Waals surface area contributed by atoms with E-state index in [2.05, 4.69) is 20.9 Å². The molecule has 0 spiro atoms. The second kappa shape index (κ2) is 7.65. The molecule has 0 fully saturated rings. The number of nitrogens with zero attached hydrogens (tertiary/aromatic N) is 1. The Balaban J connectivity index is 2.66. The predicted molar refractivity (Wildman–Crippen MR) is 77.9 cm³/mol. The number of hydrogen-bond acceptors (Lipinski definition) is 7. The van der Waals surface area contributed by atoms with Crippen LogP contribution in [-0.4, -0.2) is 50.1 Å². The molecule has 2 amide bonds. The largest absolute Gasteiger partial charge is 0.383 e. The van der Waals surface area contributed by atoms with Crippen LogP contribution in [0.15, 0.2) is 0 Å². The summed E-state index contributed by atoms with van der Waals surface area (Å²) in [6.45, 7) is 2.68. The number of methoxy groups -OCH3 is 1. The molecule has 0 aliphatic carbocycles. The van der Waals surface area contributed by atoms with E-state index in [0.29, 0.717) is 18.3 Å². The van der Waals surface area contributed by atoms with Crippen LogP contribution in [-0.2, 0) is 9.53 Å². The van der Waals surface area contributed by atoms with Crippen LogP contribution in [0.3, 0.4) is 0 Å². The maximum absolute atomic E-state index is 12.0. The lowest BCUT2D eigenvalue weighted by atomic mass is 10.3. The molecule has 0 aliphatic rings. The van der Waals surface area contributed by atoms with Gasteiger partial charge in [-0.25, -0.2) is 4.98 Å². The highest BCUT2D eigenvalue weighted by atomic mass is 32.1. The minimum Gasteiger partial charge on any atom is -0.383 e. The molecule has 1 aromatic rings. The molecule has 1 unspecified atom stereocenters. The molecule has 0 bridgehead atoms. The minimum atomic E-state index is -0.640. The van der Waals surface area contributed by atoms with E-state index in [-0.39, 0.29) is 16.6 Å². The van der Waals surface area contributed by atoms with E-state index in [1.165, 1.54) is 7.05 Å². The monoisotopic (exact) mass is 301 g/mol. The summed E-state index contributed by atoms with van der Waals surface area (Å²) >= 11 is 1.13. The van der Waals surface area contributed by atoms with Crippen LogP contribution >= 0.6 is 11.3 Å². The van der Waals surface area contributed by atoms with E-state index in [1.54, 1.807) is 14.0 Å². The van der Waals surface area contributed by atoms with Gasteiger partial charge in [0, 0.05) is 20.7 Å². The third-order valence-electron chi connectivity index (χ3n) is 2.43. The number of nitrogens with one attached hydrogen (secondary N) is 3. The first-order valence-corrected chi connectivity index (χ1v) is 6.82. The fraction of sp³-hybridized carbons (Fsp3) is 0.545. The normalized spacial score (nSPS) is 11.8. The van der Waals surface area contributed by atoms with Gasteiger partial charge in [0.05, 0.1) is 6.61 Å². The number of aromatic nitrogens is 1. The fourth-order valence-corrected chi connectivity index (χ4v) is 2.19. The van der Waals surface area contributed by atoms with Crippen LogP contribution in [0.4, 0.5) is 10.9 Å². The molecule has 1 atom stereocenters. The number of likely N-dealkylation sites (N-methyl/N-ethyl adjacent to an activating group) is 1. The maximum atomic E-state index is 12.0. The zero-order chi connectivity index (χ0) is 15.1. The smallest absolute Gasteiger partial charge is 0.265 e. The Labute approximate surface area is 121 Å². The highest BCUT2D eigenvalue weighted by Crippen LogP contribution is 2.24. The molecule has 0 aromatic carbocycles. The summed E-state index contributed by atoms with van der Waals surface area (Å²) in [5.74, 6) is -0.563. The van der Waals surface area contributed by atoms with Gasteiger partial charge in [-0.05, 0) is 6.92 Å². The van der Waals surface area contributed by atoms with Crippen molar-refractivity contribution in [1.29, 1.82) is 0 Å². The highest BCUT2D eigenvalue weighted by Gasteiger charge is 2.20. The molecule has 0 saturated carbocycles.